The van der Waals surface area contributed by atoms with Crippen molar-refractivity contribution in [3.8, 4) is 5.75 Å². The van der Waals surface area contributed by atoms with Gasteiger partial charge in [-0.15, -0.1) is 0 Å². The Morgan fingerprint density at radius 1 is 1.03 bits per heavy atom. The van der Waals surface area contributed by atoms with E-state index in [1.54, 1.807) is 12.1 Å². The second kappa shape index (κ2) is 8.76. The lowest BCUT2D eigenvalue weighted by Gasteiger charge is -2.30. The highest BCUT2D eigenvalue weighted by molar-refractivity contribution is 7.89. The summed E-state index contributed by atoms with van der Waals surface area (Å²) in [4.78, 5) is 22.8. The minimum Gasteiger partial charge on any atom is -0.426 e. The van der Waals surface area contributed by atoms with Crippen molar-refractivity contribution >= 4 is 21.7 Å². The zero-order valence-electron chi connectivity index (χ0n) is 17.8. The number of nitro benzene ring substituents is 1. The summed E-state index contributed by atoms with van der Waals surface area (Å²) in [7, 11) is -3.63. The van der Waals surface area contributed by atoms with Crippen molar-refractivity contribution in [3.05, 3.63) is 64.2 Å². The van der Waals surface area contributed by atoms with E-state index in [1.165, 1.54) is 28.6 Å². The quantitative estimate of drug-likeness (QED) is 0.298. The standard InChI is InChI=1S/C22H26N2O6S/c1-22(2,3)17-4-10-20(11-5-17)31(28,29)23-14-12-16(13-15-23)21(25)30-19-8-6-18(7-9-19)24(26)27/h4-11,16H,12-15H2,1-3H3. The molecule has 0 amide bonds. The minimum atomic E-state index is -3.63. The molecule has 1 saturated heterocycles. The maximum Gasteiger partial charge on any atom is 0.314 e. The number of non-ortho nitro benzene ring substituents is 1. The van der Waals surface area contributed by atoms with Gasteiger partial charge in [0.1, 0.15) is 5.75 Å². The van der Waals surface area contributed by atoms with Gasteiger partial charge < -0.3 is 4.74 Å². The van der Waals surface area contributed by atoms with Crippen molar-refractivity contribution in [3.63, 3.8) is 0 Å². The summed E-state index contributed by atoms with van der Waals surface area (Å²) in [5, 5.41) is 10.7. The van der Waals surface area contributed by atoms with E-state index in [2.05, 4.69) is 20.8 Å². The number of hydrogen-bond donors (Lipinski definition) is 0. The molecule has 0 bridgehead atoms. The van der Waals surface area contributed by atoms with Gasteiger partial charge in [0.15, 0.2) is 0 Å². The Morgan fingerprint density at radius 3 is 2.06 bits per heavy atom. The van der Waals surface area contributed by atoms with Crippen LogP contribution >= 0.6 is 0 Å². The number of carbonyl (C=O) groups is 1. The van der Waals surface area contributed by atoms with E-state index in [1.807, 2.05) is 12.1 Å². The molecule has 0 unspecified atom stereocenters. The van der Waals surface area contributed by atoms with E-state index in [0.29, 0.717) is 12.8 Å². The predicted molar refractivity (Wildman–Crippen MR) is 115 cm³/mol. The fourth-order valence-electron chi connectivity index (χ4n) is 3.44. The van der Waals surface area contributed by atoms with Gasteiger partial charge in [0.2, 0.25) is 10.0 Å². The molecule has 0 aromatic heterocycles. The van der Waals surface area contributed by atoms with Crippen LogP contribution in [0.15, 0.2) is 53.4 Å². The molecule has 0 radical (unpaired) electrons. The molecule has 1 aliphatic rings. The van der Waals surface area contributed by atoms with Gasteiger partial charge in [-0.05, 0) is 48.1 Å². The summed E-state index contributed by atoms with van der Waals surface area (Å²) in [5.41, 5.74) is 0.901. The predicted octanol–water partition coefficient (Wildman–Crippen LogP) is 3.90. The second-order valence-corrected chi connectivity index (χ2v) is 10.6. The van der Waals surface area contributed by atoms with E-state index in [9.17, 15) is 23.3 Å². The van der Waals surface area contributed by atoms with Crippen LogP contribution in [0.3, 0.4) is 0 Å². The van der Waals surface area contributed by atoms with Gasteiger partial charge in [-0.2, -0.15) is 4.31 Å². The molecule has 2 aromatic rings. The fourth-order valence-corrected chi connectivity index (χ4v) is 4.91. The van der Waals surface area contributed by atoms with E-state index >= 15 is 0 Å². The van der Waals surface area contributed by atoms with Crippen LogP contribution in [-0.2, 0) is 20.2 Å². The fraction of sp³-hybridized carbons (Fsp3) is 0.409. The summed E-state index contributed by atoms with van der Waals surface area (Å²) < 4.78 is 32.6. The van der Waals surface area contributed by atoms with Crippen molar-refractivity contribution in [2.45, 2.75) is 43.9 Å². The lowest BCUT2D eigenvalue weighted by Crippen LogP contribution is -2.41. The van der Waals surface area contributed by atoms with Crippen LogP contribution in [-0.4, -0.2) is 36.7 Å². The Morgan fingerprint density at radius 2 is 1.58 bits per heavy atom. The van der Waals surface area contributed by atoms with E-state index in [-0.39, 0.29) is 34.8 Å². The number of nitrogens with zero attached hydrogens (tertiary/aromatic N) is 2. The third-order valence-electron chi connectivity index (χ3n) is 5.41. The van der Waals surface area contributed by atoms with Crippen LogP contribution in [0.1, 0.15) is 39.2 Å². The first-order chi connectivity index (χ1) is 14.5. The monoisotopic (exact) mass is 446 g/mol. The molecule has 31 heavy (non-hydrogen) atoms. The first-order valence-electron chi connectivity index (χ1n) is 10.1. The number of esters is 1. The SMILES string of the molecule is CC(C)(C)c1ccc(S(=O)(=O)N2CCC(C(=O)Oc3ccc([N+](=O)[O-])cc3)CC2)cc1. The van der Waals surface area contributed by atoms with Crippen LogP contribution in [0.2, 0.25) is 0 Å². The van der Waals surface area contributed by atoms with Crippen molar-refractivity contribution in [2.75, 3.05) is 13.1 Å². The number of rotatable bonds is 5. The number of carbonyl (C=O) groups excluding carboxylic acids is 1. The molecule has 8 nitrogen and oxygen atoms in total. The van der Waals surface area contributed by atoms with Gasteiger partial charge in [0.05, 0.1) is 15.7 Å². The third kappa shape index (κ3) is 5.29. The Kier molecular flexibility index (Phi) is 6.47. The number of nitro groups is 1. The number of sulfonamides is 1. The zero-order chi connectivity index (χ0) is 22.8. The first-order valence-corrected chi connectivity index (χ1v) is 11.5. The maximum atomic E-state index is 13.0. The van der Waals surface area contributed by atoms with Crippen LogP contribution in [0.25, 0.3) is 0 Å². The molecule has 2 aromatic carbocycles. The van der Waals surface area contributed by atoms with Crippen LogP contribution in [0.4, 0.5) is 5.69 Å². The highest BCUT2D eigenvalue weighted by Gasteiger charge is 2.33. The van der Waals surface area contributed by atoms with Crippen LogP contribution < -0.4 is 4.74 Å². The molecular weight excluding hydrogens is 420 g/mol. The van der Waals surface area contributed by atoms with Gasteiger partial charge in [-0.1, -0.05) is 32.9 Å². The number of hydrogen-bond acceptors (Lipinski definition) is 6. The largest absolute Gasteiger partial charge is 0.426 e. The summed E-state index contributed by atoms with van der Waals surface area (Å²) in [6.45, 7) is 6.65. The molecule has 0 spiro atoms. The molecule has 1 fully saturated rings. The van der Waals surface area contributed by atoms with E-state index < -0.39 is 26.8 Å². The first kappa shape index (κ1) is 22.9. The molecule has 9 heteroatoms. The number of benzene rings is 2. The number of piperidine rings is 1. The average molecular weight is 447 g/mol. The lowest BCUT2D eigenvalue weighted by atomic mass is 9.87. The summed E-state index contributed by atoms with van der Waals surface area (Å²) in [6, 6.07) is 12.2. The molecule has 0 saturated carbocycles. The smallest absolute Gasteiger partial charge is 0.314 e. The van der Waals surface area contributed by atoms with E-state index in [4.69, 9.17) is 4.74 Å². The topological polar surface area (TPSA) is 107 Å². The molecular formula is C22H26N2O6S. The van der Waals surface area contributed by atoms with Crippen molar-refractivity contribution in [2.24, 2.45) is 5.92 Å². The summed E-state index contributed by atoms with van der Waals surface area (Å²) >= 11 is 0. The van der Waals surface area contributed by atoms with Gasteiger partial charge in [-0.3, -0.25) is 14.9 Å². The Labute approximate surface area is 182 Å². The van der Waals surface area contributed by atoms with Crippen LogP contribution in [0, 0.1) is 16.0 Å². The molecule has 1 aliphatic heterocycles. The normalized spacial score (nSPS) is 16.1. The van der Waals surface area contributed by atoms with Crippen molar-refractivity contribution in [1.29, 1.82) is 0 Å². The molecule has 1 heterocycles. The van der Waals surface area contributed by atoms with Gasteiger partial charge >= 0.3 is 5.97 Å². The summed E-state index contributed by atoms with van der Waals surface area (Å²) in [5.74, 6) is -0.657. The maximum absolute atomic E-state index is 13.0. The van der Waals surface area contributed by atoms with Gasteiger partial charge in [-0.25, -0.2) is 8.42 Å². The molecule has 166 valence electrons. The molecule has 0 aliphatic carbocycles. The van der Waals surface area contributed by atoms with Gasteiger partial charge in [0.25, 0.3) is 5.69 Å². The third-order valence-corrected chi connectivity index (χ3v) is 7.32. The van der Waals surface area contributed by atoms with E-state index in [0.717, 1.165) is 5.56 Å². The number of ether oxygens (including phenoxy) is 1. The van der Waals surface area contributed by atoms with Crippen LogP contribution in [0.5, 0.6) is 5.75 Å². The van der Waals surface area contributed by atoms with Gasteiger partial charge in [0, 0.05) is 25.2 Å². The Balaban J connectivity index is 1.60. The Bertz CT molecular complexity index is 1050. The molecule has 3 rings (SSSR count). The molecule has 0 N–H and O–H groups in total. The highest BCUT2D eigenvalue weighted by atomic mass is 32.2. The van der Waals surface area contributed by atoms with Crippen molar-refractivity contribution < 1.29 is 22.9 Å². The molecule has 0 atom stereocenters. The second-order valence-electron chi connectivity index (χ2n) is 8.62. The Hall–Kier alpha value is -2.78. The van der Waals surface area contributed by atoms with Crippen molar-refractivity contribution in [1.82, 2.24) is 4.31 Å². The minimum absolute atomic E-state index is 0.0648. The zero-order valence-corrected chi connectivity index (χ0v) is 18.6. The average Bonchev–Trinajstić information content (AvgIpc) is 2.73. The highest BCUT2D eigenvalue weighted by Crippen LogP contribution is 2.28. The lowest BCUT2D eigenvalue weighted by molar-refractivity contribution is -0.384. The summed E-state index contributed by atoms with van der Waals surface area (Å²) in [6.07, 6.45) is 0.705.